The van der Waals surface area contributed by atoms with E-state index < -0.39 is 0 Å². The van der Waals surface area contributed by atoms with Gasteiger partial charge in [0.25, 0.3) is 0 Å². The van der Waals surface area contributed by atoms with Gasteiger partial charge >= 0.3 is 0 Å². The number of rotatable bonds is 5. The van der Waals surface area contributed by atoms with E-state index in [1.165, 1.54) is 11.8 Å². The number of benzene rings is 1. The monoisotopic (exact) mass is 212 g/mol. The van der Waals surface area contributed by atoms with Crippen molar-refractivity contribution in [3.63, 3.8) is 0 Å². The Balaban J connectivity index is 2.50. The van der Waals surface area contributed by atoms with Gasteiger partial charge in [0.1, 0.15) is 12.4 Å². The average molecular weight is 212 g/mol. The third-order valence-corrected chi connectivity index (χ3v) is 2.75. The van der Waals surface area contributed by atoms with Crippen molar-refractivity contribution >= 4 is 17.5 Å². The molecule has 1 aromatic carbocycles. The van der Waals surface area contributed by atoms with Crippen molar-refractivity contribution in [2.45, 2.75) is 18.4 Å². The molecule has 0 spiro atoms. The van der Waals surface area contributed by atoms with Gasteiger partial charge in [-0.25, -0.2) is 4.89 Å². The standard InChI is InChI=1S/C10H12O3S/c1-8(11)7-14-10-4-2-9(3-5-10)6-13-12/h2-5,12H,6-7H2,1H3. The molecule has 0 aliphatic heterocycles. The fourth-order valence-corrected chi connectivity index (χ4v) is 1.64. The highest BCUT2D eigenvalue weighted by Gasteiger charge is 1.97. The molecule has 0 aliphatic carbocycles. The molecule has 1 aromatic rings. The molecule has 0 aromatic heterocycles. The first kappa shape index (κ1) is 11.2. The first-order chi connectivity index (χ1) is 6.72. The summed E-state index contributed by atoms with van der Waals surface area (Å²) in [6.07, 6.45) is 0. The summed E-state index contributed by atoms with van der Waals surface area (Å²) in [6, 6.07) is 7.53. The molecule has 14 heavy (non-hydrogen) atoms. The molecule has 76 valence electrons. The summed E-state index contributed by atoms with van der Waals surface area (Å²) < 4.78 is 0. The highest BCUT2D eigenvalue weighted by molar-refractivity contribution is 8.00. The SMILES string of the molecule is CC(=O)CSc1ccc(COO)cc1. The smallest absolute Gasteiger partial charge is 0.140 e. The van der Waals surface area contributed by atoms with Gasteiger partial charge in [0.2, 0.25) is 0 Å². The van der Waals surface area contributed by atoms with Crippen LogP contribution < -0.4 is 0 Å². The van der Waals surface area contributed by atoms with Gasteiger partial charge in [-0.2, -0.15) is 0 Å². The normalized spacial score (nSPS) is 10.1. The van der Waals surface area contributed by atoms with E-state index in [2.05, 4.69) is 4.89 Å². The maximum absolute atomic E-state index is 10.7. The lowest BCUT2D eigenvalue weighted by Gasteiger charge is -2.01. The summed E-state index contributed by atoms with van der Waals surface area (Å²) in [5, 5.41) is 8.22. The highest BCUT2D eigenvalue weighted by Crippen LogP contribution is 2.18. The first-order valence-electron chi connectivity index (χ1n) is 4.20. The van der Waals surface area contributed by atoms with E-state index in [1.807, 2.05) is 24.3 Å². The summed E-state index contributed by atoms with van der Waals surface area (Å²) in [6.45, 7) is 1.76. The maximum atomic E-state index is 10.7. The third-order valence-electron chi connectivity index (χ3n) is 1.60. The Labute approximate surface area is 87.0 Å². The first-order valence-corrected chi connectivity index (χ1v) is 5.18. The zero-order chi connectivity index (χ0) is 10.4. The molecule has 0 unspecified atom stereocenters. The third kappa shape index (κ3) is 3.91. The molecule has 0 amide bonds. The van der Waals surface area contributed by atoms with Crippen LogP contribution in [0.3, 0.4) is 0 Å². The van der Waals surface area contributed by atoms with E-state index in [0.717, 1.165) is 10.5 Å². The molecule has 1 rings (SSSR count). The van der Waals surface area contributed by atoms with Crippen LogP contribution in [0.2, 0.25) is 0 Å². The van der Waals surface area contributed by atoms with Gasteiger partial charge in [-0.3, -0.25) is 10.1 Å². The Bertz CT molecular complexity index is 295. The van der Waals surface area contributed by atoms with Crippen molar-refractivity contribution < 1.29 is 14.9 Å². The second kappa shape index (κ2) is 5.80. The summed E-state index contributed by atoms with van der Waals surface area (Å²) in [5.74, 6) is 0.660. The zero-order valence-electron chi connectivity index (χ0n) is 7.90. The molecule has 0 aliphatic rings. The molecule has 0 fully saturated rings. The van der Waals surface area contributed by atoms with Gasteiger partial charge in [-0.05, 0) is 24.6 Å². The van der Waals surface area contributed by atoms with Crippen molar-refractivity contribution in [3.8, 4) is 0 Å². The van der Waals surface area contributed by atoms with Crippen molar-refractivity contribution in [1.82, 2.24) is 0 Å². The minimum absolute atomic E-state index is 0.165. The van der Waals surface area contributed by atoms with Gasteiger partial charge in [0, 0.05) is 4.90 Å². The molecule has 0 heterocycles. The second-order valence-corrected chi connectivity index (χ2v) is 3.96. The predicted octanol–water partition coefficient (Wildman–Crippen LogP) is 2.36. The molecular weight excluding hydrogens is 200 g/mol. The van der Waals surface area contributed by atoms with Crippen LogP contribution >= 0.6 is 11.8 Å². The second-order valence-electron chi connectivity index (χ2n) is 2.91. The van der Waals surface area contributed by atoms with E-state index in [1.54, 1.807) is 6.92 Å². The maximum Gasteiger partial charge on any atom is 0.140 e. The Hall–Kier alpha value is -0.840. The van der Waals surface area contributed by atoms with Gasteiger partial charge in [0.15, 0.2) is 0 Å². The molecule has 4 heteroatoms. The number of thioether (sulfide) groups is 1. The van der Waals surface area contributed by atoms with E-state index in [9.17, 15) is 4.79 Å². The van der Waals surface area contributed by atoms with E-state index >= 15 is 0 Å². The minimum atomic E-state index is 0.165. The van der Waals surface area contributed by atoms with E-state index in [-0.39, 0.29) is 12.4 Å². The fraction of sp³-hybridized carbons (Fsp3) is 0.300. The van der Waals surface area contributed by atoms with Crippen LogP contribution in [0.15, 0.2) is 29.2 Å². The summed E-state index contributed by atoms with van der Waals surface area (Å²) in [7, 11) is 0. The zero-order valence-corrected chi connectivity index (χ0v) is 8.71. The minimum Gasteiger partial charge on any atom is -0.299 e. The van der Waals surface area contributed by atoms with Crippen molar-refractivity contribution in [3.05, 3.63) is 29.8 Å². The number of carbonyl (C=O) groups is 1. The molecule has 3 nitrogen and oxygen atoms in total. The van der Waals surface area contributed by atoms with Crippen LogP contribution in [0.1, 0.15) is 12.5 Å². The topological polar surface area (TPSA) is 46.5 Å². The highest BCUT2D eigenvalue weighted by atomic mass is 32.2. The Morgan fingerprint density at radius 3 is 2.57 bits per heavy atom. The Kier molecular flexibility index (Phi) is 4.65. The lowest BCUT2D eigenvalue weighted by molar-refractivity contribution is -0.253. The number of carbonyl (C=O) groups excluding carboxylic acids is 1. The van der Waals surface area contributed by atoms with E-state index in [4.69, 9.17) is 5.26 Å². The van der Waals surface area contributed by atoms with Crippen LogP contribution in [0.4, 0.5) is 0 Å². The van der Waals surface area contributed by atoms with Crippen molar-refractivity contribution in [1.29, 1.82) is 0 Å². The molecule has 0 bridgehead atoms. The van der Waals surface area contributed by atoms with Crippen LogP contribution in [-0.2, 0) is 16.3 Å². The summed E-state index contributed by atoms with van der Waals surface area (Å²) >= 11 is 1.50. The van der Waals surface area contributed by atoms with Gasteiger partial charge in [-0.15, -0.1) is 11.8 Å². The summed E-state index contributed by atoms with van der Waals surface area (Å²) in [4.78, 5) is 15.8. The number of hydrogen-bond donors (Lipinski definition) is 1. The lowest BCUT2D eigenvalue weighted by Crippen LogP contribution is -1.93. The molecule has 0 saturated carbocycles. The molecule has 0 radical (unpaired) electrons. The predicted molar refractivity (Wildman–Crippen MR) is 55.3 cm³/mol. The molecule has 1 N–H and O–H groups in total. The Morgan fingerprint density at radius 1 is 1.43 bits per heavy atom. The number of hydrogen-bond acceptors (Lipinski definition) is 4. The molecule has 0 saturated heterocycles. The van der Waals surface area contributed by atoms with E-state index in [0.29, 0.717) is 5.75 Å². The van der Waals surface area contributed by atoms with Crippen LogP contribution in [-0.4, -0.2) is 16.8 Å². The Morgan fingerprint density at radius 2 is 2.07 bits per heavy atom. The quantitative estimate of drug-likeness (QED) is 0.462. The van der Waals surface area contributed by atoms with Crippen LogP contribution in [0.25, 0.3) is 0 Å². The molecular formula is C10H12O3S. The molecule has 0 atom stereocenters. The number of Topliss-reactive ketones (excluding diaryl/α,β-unsaturated/α-hetero) is 1. The van der Waals surface area contributed by atoms with Gasteiger partial charge in [0.05, 0.1) is 5.75 Å². The van der Waals surface area contributed by atoms with Gasteiger partial charge < -0.3 is 0 Å². The van der Waals surface area contributed by atoms with Crippen molar-refractivity contribution in [2.24, 2.45) is 0 Å². The summed E-state index contributed by atoms with van der Waals surface area (Å²) in [5.41, 5.74) is 0.902. The van der Waals surface area contributed by atoms with Crippen LogP contribution in [0.5, 0.6) is 0 Å². The fourth-order valence-electron chi connectivity index (χ4n) is 0.941. The average Bonchev–Trinajstić information content (AvgIpc) is 2.17. The largest absolute Gasteiger partial charge is 0.299 e. The van der Waals surface area contributed by atoms with Gasteiger partial charge in [-0.1, -0.05) is 12.1 Å². The lowest BCUT2D eigenvalue weighted by atomic mass is 10.2. The van der Waals surface area contributed by atoms with Crippen molar-refractivity contribution in [2.75, 3.05) is 5.75 Å². The number of ketones is 1. The van der Waals surface area contributed by atoms with Crippen LogP contribution in [0, 0.1) is 0 Å².